The zero-order valence-corrected chi connectivity index (χ0v) is 16.5. The number of carbonyl (C=O) groups is 1. The molecule has 0 radical (unpaired) electrons. The molecule has 2 aliphatic rings. The van der Waals surface area contributed by atoms with Crippen LogP contribution in [0.4, 0.5) is 17.3 Å². The number of hydrogen-bond donors (Lipinski definition) is 4. The Kier molecular flexibility index (Phi) is 4.62. The molecule has 0 bridgehead atoms. The first-order valence-corrected chi connectivity index (χ1v) is 10.0. The van der Waals surface area contributed by atoms with E-state index >= 15 is 0 Å². The monoisotopic (exact) mass is 409 g/mol. The number of rotatable bonds is 7. The summed E-state index contributed by atoms with van der Waals surface area (Å²) in [7, 11) is 1.78. The molecule has 1 amide bonds. The van der Waals surface area contributed by atoms with Crippen LogP contribution >= 0.6 is 0 Å². The zero-order valence-electron chi connectivity index (χ0n) is 16.5. The molecule has 0 atom stereocenters. The van der Waals surface area contributed by atoms with Gasteiger partial charge in [-0.2, -0.15) is 9.61 Å². The van der Waals surface area contributed by atoms with Crippen molar-refractivity contribution < 1.29 is 14.6 Å². The average Bonchev–Trinajstić information content (AvgIpc) is 3.43. The van der Waals surface area contributed by atoms with Gasteiger partial charge in [0.1, 0.15) is 29.0 Å². The van der Waals surface area contributed by atoms with Crippen molar-refractivity contribution in [3.63, 3.8) is 0 Å². The number of aliphatic hydroxyl groups excluding tert-OH is 1. The van der Waals surface area contributed by atoms with E-state index in [1.165, 1.54) is 6.20 Å². The zero-order chi connectivity index (χ0) is 20.7. The minimum atomic E-state index is -0.337. The summed E-state index contributed by atoms with van der Waals surface area (Å²) >= 11 is 0. The fraction of sp³-hybridized carbons (Fsp3) is 0.400. The van der Waals surface area contributed by atoms with Crippen molar-refractivity contribution in [3.8, 4) is 5.88 Å². The summed E-state index contributed by atoms with van der Waals surface area (Å²) in [6, 6.07) is 5.48. The number of nitrogens with zero attached hydrogens (tertiary/aromatic N) is 4. The number of fused-ring (bicyclic) bond motifs is 1. The highest BCUT2D eigenvalue weighted by molar-refractivity contribution is 6.00. The first-order chi connectivity index (χ1) is 14.6. The molecule has 3 heterocycles. The molecule has 10 heteroatoms. The van der Waals surface area contributed by atoms with Gasteiger partial charge in [-0.05, 0) is 37.8 Å². The fourth-order valence-corrected chi connectivity index (χ4v) is 3.40. The molecule has 3 aromatic rings. The first kappa shape index (κ1) is 18.6. The normalized spacial score (nSPS) is 20.5. The molecular formula is C20H23N7O3. The second-order valence-corrected chi connectivity index (χ2v) is 7.66. The molecule has 156 valence electrons. The lowest BCUT2D eigenvalue weighted by Crippen LogP contribution is -2.46. The van der Waals surface area contributed by atoms with E-state index in [2.05, 4.69) is 31.0 Å². The lowest BCUT2D eigenvalue weighted by molar-refractivity contribution is 0.0563. The van der Waals surface area contributed by atoms with Gasteiger partial charge in [0, 0.05) is 25.4 Å². The van der Waals surface area contributed by atoms with Gasteiger partial charge in [-0.15, -0.1) is 0 Å². The highest BCUT2D eigenvalue weighted by atomic mass is 16.5. The quantitative estimate of drug-likeness (QED) is 0.465. The summed E-state index contributed by atoms with van der Waals surface area (Å²) in [5.41, 5.74) is 1.50. The van der Waals surface area contributed by atoms with Crippen molar-refractivity contribution in [2.75, 3.05) is 17.7 Å². The van der Waals surface area contributed by atoms with Gasteiger partial charge in [-0.1, -0.05) is 0 Å². The van der Waals surface area contributed by atoms with Gasteiger partial charge < -0.3 is 25.8 Å². The average molecular weight is 409 g/mol. The Balaban J connectivity index is 1.45. The lowest BCUT2D eigenvalue weighted by Gasteiger charge is -2.31. The molecule has 0 aliphatic heterocycles. The fourth-order valence-electron chi connectivity index (χ4n) is 3.40. The van der Waals surface area contributed by atoms with Crippen molar-refractivity contribution in [2.45, 2.75) is 43.9 Å². The van der Waals surface area contributed by atoms with Gasteiger partial charge in [0.05, 0.1) is 12.3 Å². The van der Waals surface area contributed by atoms with Gasteiger partial charge >= 0.3 is 0 Å². The molecule has 10 nitrogen and oxygen atoms in total. The van der Waals surface area contributed by atoms with E-state index in [0.29, 0.717) is 47.3 Å². The maximum absolute atomic E-state index is 12.7. The molecule has 3 aromatic heterocycles. The number of nitrogens with one attached hydrogen (secondary N) is 3. The highest BCUT2D eigenvalue weighted by Gasteiger charge is 2.30. The molecule has 30 heavy (non-hydrogen) atoms. The Morgan fingerprint density at radius 1 is 1.33 bits per heavy atom. The summed E-state index contributed by atoms with van der Waals surface area (Å²) < 4.78 is 7.46. The summed E-state index contributed by atoms with van der Waals surface area (Å²) in [4.78, 5) is 21.7. The molecular weight excluding hydrogens is 386 g/mol. The van der Waals surface area contributed by atoms with Crippen molar-refractivity contribution in [1.82, 2.24) is 24.9 Å². The molecule has 2 aliphatic carbocycles. The van der Waals surface area contributed by atoms with Crippen LogP contribution in [0.15, 0.2) is 30.6 Å². The maximum atomic E-state index is 12.7. The van der Waals surface area contributed by atoms with E-state index in [4.69, 9.17) is 4.74 Å². The molecule has 0 spiro atoms. The summed E-state index contributed by atoms with van der Waals surface area (Å²) in [6.45, 7) is 0. The highest BCUT2D eigenvalue weighted by Crippen LogP contribution is 2.32. The van der Waals surface area contributed by atoms with Gasteiger partial charge in [0.15, 0.2) is 5.65 Å². The van der Waals surface area contributed by atoms with Crippen LogP contribution in [-0.2, 0) is 0 Å². The van der Waals surface area contributed by atoms with Crippen molar-refractivity contribution in [3.05, 3.63) is 36.2 Å². The number of anilines is 3. The van der Waals surface area contributed by atoms with E-state index in [-0.39, 0.29) is 24.2 Å². The number of ether oxygens (including phenoxy) is 1. The second-order valence-electron chi connectivity index (χ2n) is 7.66. The third kappa shape index (κ3) is 3.61. The summed E-state index contributed by atoms with van der Waals surface area (Å²) in [5, 5.41) is 23.0. The maximum Gasteiger partial charge on any atom is 0.256 e. The van der Waals surface area contributed by atoms with Crippen LogP contribution in [0.3, 0.4) is 0 Å². The standard InChI is InChI=1S/C20H23N7O3/c1-21-17-9-16(25-15-3-2-6-22-20(15)30-13-4-5-13)26-18-14(10-23-27(17)18)19(29)24-11-7-12(28)8-11/h2-3,6,9-13,21,28H,4-5,7-8H2,1H3,(H,24,29)(H,25,26). The van der Waals surface area contributed by atoms with Crippen LogP contribution in [0.5, 0.6) is 5.88 Å². The Morgan fingerprint density at radius 2 is 2.17 bits per heavy atom. The van der Waals surface area contributed by atoms with Crippen molar-refractivity contribution >= 4 is 28.9 Å². The lowest BCUT2D eigenvalue weighted by atomic mass is 9.89. The van der Waals surface area contributed by atoms with Crippen LogP contribution in [0.1, 0.15) is 36.0 Å². The third-order valence-electron chi connectivity index (χ3n) is 5.26. The molecule has 5 rings (SSSR count). The predicted molar refractivity (Wildman–Crippen MR) is 110 cm³/mol. The summed E-state index contributed by atoms with van der Waals surface area (Å²) in [6.07, 6.45) is 6.29. The number of aliphatic hydroxyl groups is 1. The smallest absolute Gasteiger partial charge is 0.256 e. The predicted octanol–water partition coefficient (Wildman–Crippen LogP) is 1.70. The number of pyridine rings is 1. The molecule has 0 aromatic carbocycles. The van der Waals surface area contributed by atoms with Crippen LogP contribution in [0, 0.1) is 0 Å². The van der Waals surface area contributed by atoms with Gasteiger partial charge in [-0.3, -0.25) is 4.79 Å². The van der Waals surface area contributed by atoms with Crippen LogP contribution in [0.25, 0.3) is 5.65 Å². The van der Waals surface area contributed by atoms with Crippen LogP contribution in [0.2, 0.25) is 0 Å². The Labute approximate surface area is 172 Å². The molecule has 2 fully saturated rings. The van der Waals surface area contributed by atoms with Crippen molar-refractivity contribution in [1.29, 1.82) is 0 Å². The summed E-state index contributed by atoms with van der Waals surface area (Å²) in [5.74, 6) is 1.48. The second kappa shape index (κ2) is 7.45. The SMILES string of the molecule is CNc1cc(Nc2cccnc2OC2CC2)nc2c(C(=O)NC3CC(O)C3)cnn12. The number of aromatic nitrogens is 4. The van der Waals surface area contributed by atoms with Crippen LogP contribution < -0.4 is 20.7 Å². The first-order valence-electron chi connectivity index (χ1n) is 10.0. The minimum Gasteiger partial charge on any atom is -0.473 e. The molecule has 0 saturated heterocycles. The number of amides is 1. The van der Waals surface area contributed by atoms with Gasteiger partial charge in [0.2, 0.25) is 5.88 Å². The van der Waals surface area contributed by atoms with E-state index in [1.54, 1.807) is 23.8 Å². The molecule has 0 unspecified atom stereocenters. The van der Waals surface area contributed by atoms with Gasteiger partial charge in [0.25, 0.3) is 5.91 Å². The third-order valence-corrected chi connectivity index (χ3v) is 5.26. The van der Waals surface area contributed by atoms with Crippen LogP contribution in [-0.4, -0.2) is 55.9 Å². The Hall–Kier alpha value is -3.40. The van der Waals surface area contributed by atoms with E-state index in [0.717, 1.165) is 12.8 Å². The van der Waals surface area contributed by atoms with E-state index in [1.807, 2.05) is 12.1 Å². The van der Waals surface area contributed by atoms with Crippen molar-refractivity contribution in [2.24, 2.45) is 0 Å². The number of carbonyl (C=O) groups excluding carboxylic acids is 1. The molecule has 4 N–H and O–H groups in total. The minimum absolute atomic E-state index is 0.0231. The van der Waals surface area contributed by atoms with Gasteiger partial charge in [-0.25, -0.2) is 9.97 Å². The Bertz CT molecular complexity index is 1090. The largest absolute Gasteiger partial charge is 0.473 e. The Morgan fingerprint density at radius 3 is 2.90 bits per heavy atom. The molecule has 2 saturated carbocycles. The topological polar surface area (TPSA) is 126 Å². The van der Waals surface area contributed by atoms with E-state index in [9.17, 15) is 9.90 Å². The van der Waals surface area contributed by atoms with E-state index < -0.39 is 0 Å². The number of hydrogen-bond acceptors (Lipinski definition) is 8.